The minimum atomic E-state index is -0.430. The van der Waals surface area contributed by atoms with Crippen LogP contribution in [0.5, 0.6) is 0 Å². The van der Waals surface area contributed by atoms with Crippen molar-refractivity contribution in [2.75, 3.05) is 18.6 Å². The van der Waals surface area contributed by atoms with Gasteiger partial charge in [0.25, 0.3) is 0 Å². The molecule has 1 heterocycles. The molecule has 1 atom stereocenters. The summed E-state index contributed by atoms with van der Waals surface area (Å²) in [6.45, 7) is 1.76. The molecule has 1 N–H and O–H groups in total. The lowest BCUT2D eigenvalue weighted by Gasteiger charge is -2.36. The first-order chi connectivity index (χ1) is 11.5. The van der Waals surface area contributed by atoms with Crippen LogP contribution in [0.4, 0.5) is 5.69 Å². The van der Waals surface area contributed by atoms with E-state index in [0.29, 0.717) is 12.3 Å². The molecule has 0 saturated heterocycles. The first kappa shape index (κ1) is 17.0. The lowest BCUT2D eigenvalue weighted by molar-refractivity contribution is -0.135. The molecule has 24 heavy (non-hydrogen) atoms. The van der Waals surface area contributed by atoms with Crippen molar-refractivity contribution in [3.63, 3.8) is 0 Å². The number of likely N-dealkylation sites (N-methyl/N-ethyl adjacent to an activating group) is 1. The van der Waals surface area contributed by atoms with Gasteiger partial charge in [-0.2, -0.15) is 0 Å². The van der Waals surface area contributed by atoms with Crippen LogP contribution in [0.3, 0.4) is 0 Å². The predicted octanol–water partition coefficient (Wildman–Crippen LogP) is 1.97. The fourth-order valence-corrected chi connectivity index (χ4v) is 4.10. The van der Waals surface area contributed by atoms with Crippen molar-refractivity contribution in [1.82, 2.24) is 4.90 Å². The summed E-state index contributed by atoms with van der Waals surface area (Å²) in [7, 11) is 1.85. The van der Waals surface area contributed by atoms with Crippen LogP contribution in [0.1, 0.15) is 38.2 Å². The van der Waals surface area contributed by atoms with Gasteiger partial charge in [0.15, 0.2) is 0 Å². The maximum atomic E-state index is 13.1. The fourth-order valence-electron chi connectivity index (χ4n) is 4.10. The second-order valence-corrected chi connectivity index (χ2v) is 7.04. The number of para-hydroxylation sites is 1. The molecule has 1 aromatic rings. The first-order valence-corrected chi connectivity index (χ1v) is 8.78. The maximum Gasteiger partial charge on any atom is 0.246 e. The molecule has 0 spiro atoms. The third-order valence-electron chi connectivity index (χ3n) is 5.57. The van der Waals surface area contributed by atoms with Gasteiger partial charge < -0.3 is 10.0 Å². The molecule has 0 radical (unpaired) electrons. The summed E-state index contributed by atoms with van der Waals surface area (Å²) >= 11 is 0. The van der Waals surface area contributed by atoms with Crippen molar-refractivity contribution in [2.45, 2.75) is 51.1 Å². The van der Waals surface area contributed by atoms with Gasteiger partial charge in [-0.3, -0.25) is 14.5 Å². The lowest BCUT2D eigenvalue weighted by atomic mass is 9.86. The highest BCUT2D eigenvalue weighted by Crippen LogP contribution is 2.34. The van der Waals surface area contributed by atoms with Crippen LogP contribution in [-0.2, 0) is 16.0 Å². The van der Waals surface area contributed by atoms with E-state index in [9.17, 15) is 14.7 Å². The predicted molar refractivity (Wildman–Crippen MR) is 92.7 cm³/mol. The highest BCUT2D eigenvalue weighted by atomic mass is 16.3. The number of aliphatic hydroxyl groups excluding tert-OH is 1. The van der Waals surface area contributed by atoms with E-state index in [2.05, 4.69) is 0 Å². The van der Waals surface area contributed by atoms with Crippen LogP contribution in [0.2, 0.25) is 0 Å². The number of fused-ring (bicyclic) bond motifs is 1. The standard InChI is InChI=1S/C19H26N2O3/c1-13(23)21-17-6-4-3-5-15(17)11-18(21)19(24)20(2)16-9-7-14(12-22)8-10-16/h3-6,14,16,18,22H,7-12H2,1-2H3/t14?,16?,18-/m0/s1. The van der Waals surface area contributed by atoms with E-state index in [1.807, 2.05) is 36.2 Å². The Labute approximate surface area is 143 Å². The molecule has 0 aromatic heterocycles. The monoisotopic (exact) mass is 330 g/mol. The van der Waals surface area contributed by atoms with Crippen LogP contribution < -0.4 is 4.90 Å². The molecule has 5 nitrogen and oxygen atoms in total. The van der Waals surface area contributed by atoms with Crippen LogP contribution >= 0.6 is 0 Å². The summed E-state index contributed by atoms with van der Waals surface area (Å²) in [5.74, 6) is 0.304. The zero-order valence-electron chi connectivity index (χ0n) is 14.4. The molecule has 1 fully saturated rings. The smallest absolute Gasteiger partial charge is 0.246 e. The largest absolute Gasteiger partial charge is 0.396 e. The summed E-state index contributed by atoms with van der Waals surface area (Å²) < 4.78 is 0. The molecule has 1 saturated carbocycles. The number of amides is 2. The summed E-state index contributed by atoms with van der Waals surface area (Å²) in [6, 6.07) is 7.53. The van der Waals surface area contributed by atoms with E-state index in [4.69, 9.17) is 0 Å². The quantitative estimate of drug-likeness (QED) is 0.922. The molecule has 0 unspecified atom stereocenters. The van der Waals surface area contributed by atoms with Crippen molar-refractivity contribution in [3.8, 4) is 0 Å². The molecule has 1 aromatic carbocycles. The lowest BCUT2D eigenvalue weighted by Crippen LogP contribution is -2.51. The van der Waals surface area contributed by atoms with Gasteiger partial charge in [-0.05, 0) is 43.2 Å². The van der Waals surface area contributed by atoms with E-state index < -0.39 is 6.04 Å². The van der Waals surface area contributed by atoms with E-state index in [0.717, 1.165) is 36.9 Å². The van der Waals surface area contributed by atoms with Crippen LogP contribution in [0.15, 0.2) is 24.3 Å². The van der Waals surface area contributed by atoms with Gasteiger partial charge in [0.2, 0.25) is 11.8 Å². The van der Waals surface area contributed by atoms with E-state index >= 15 is 0 Å². The van der Waals surface area contributed by atoms with Gasteiger partial charge in [-0.15, -0.1) is 0 Å². The molecule has 1 aliphatic heterocycles. The highest BCUT2D eigenvalue weighted by molar-refractivity contribution is 6.02. The summed E-state index contributed by atoms with van der Waals surface area (Å²) in [4.78, 5) is 28.7. The topological polar surface area (TPSA) is 60.9 Å². The molecule has 1 aliphatic carbocycles. The van der Waals surface area contributed by atoms with E-state index in [-0.39, 0.29) is 24.5 Å². The SMILES string of the molecule is CC(=O)N1c2ccccc2C[C@H]1C(=O)N(C)C1CCC(CO)CC1. The van der Waals surface area contributed by atoms with Gasteiger partial charge in [0.1, 0.15) is 6.04 Å². The Hall–Kier alpha value is -1.88. The number of rotatable bonds is 3. The van der Waals surface area contributed by atoms with Crippen molar-refractivity contribution in [3.05, 3.63) is 29.8 Å². The summed E-state index contributed by atoms with van der Waals surface area (Å²) in [5, 5.41) is 9.27. The Kier molecular flexibility index (Phi) is 4.90. The van der Waals surface area contributed by atoms with Crippen molar-refractivity contribution < 1.29 is 14.7 Å². The van der Waals surface area contributed by atoms with Crippen LogP contribution in [-0.4, -0.2) is 47.6 Å². The zero-order valence-corrected chi connectivity index (χ0v) is 14.4. The minimum absolute atomic E-state index is 0.0221. The molecule has 2 amide bonds. The number of hydrogen-bond acceptors (Lipinski definition) is 3. The zero-order chi connectivity index (χ0) is 17.3. The number of aliphatic hydroxyl groups is 1. The third-order valence-corrected chi connectivity index (χ3v) is 5.57. The number of anilines is 1. The van der Waals surface area contributed by atoms with Crippen molar-refractivity contribution in [1.29, 1.82) is 0 Å². The molecule has 3 rings (SSSR count). The molecular formula is C19H26N2O3. The molecular weight excluding hydrogens is 304 g/mol. The highest BCUT2D eigenvalue weighted by Gasteiger charge is 2.39. The van der Waals surface area contributed by atoms with Crippen LogP contribution in [0.25, 0.3) is 0 Å². The van der Waals surface area contributed by atoms with E-state index in [1.165, 1.54) is 6.92 Å². The Bertz CT molecular complexity index is 623. The van der Waals surface area contributed by atoms with Crippen molar-refractivity contribution in [2.24, 2.45) is 5.92 Å². The Morgan fingerprint density at radius 1 is 1.21 bits per heavy atom. The maximum absolute atomic E-state index is 13.1. The molecule has 2 aliphatic rings. The average Bonchev–Trinajstić information content (AvgIpc) is 3.00. The Morgan fingerprint density at radius 3 is 2.50 bits per heavy atom. The number of benzene rings is 1. The second kappa shape index (κ2) is 6.93. The number of nitrogens with zero attached hydrogens (tertiary/aromatic N) is 2. The van der Waals surface area contributed by atoms with E-state index in [1.54, 1.807) is 4.90 Å². The molecule has 130 valence electrons. The average molecular weight is 330 g/mol. The number of hydrogen-bond donors (Lipinski definition) is 1. The summed E-state index contributed by atoms with van der Waals surface area (Å²) in [6.07, 6.45) is 4.35. The molecule has 0 bridgehead atoms. The van der Waals surface area contributed by atoms with Gasteiger partial charge in [-0.25, -0.2) is 0 Å². The Morgan fingerprint density at radius 2 is 1.88 bits per heavy atom. The minimum Gasteiger partial charge on any atom is -0.396 e. The van der Waals surface area contributed by atoms with Gasteiger partial charge in [0.05, 0.1) is 0 Å². The second-order valence-electron chi connectivity index (χ2n) is 7.04. The number of carbonyl (C=O) groups excluding carboxylic acids is 2. The third kappa shape index (κ3) is 3.05. The molecule has 5 heteroatoms. The Balaban J connectivity index is 1.74. The summed E-state index contributed by atoms with van der Waals surface area (Å²) in [5.41, 5.74) is 1.92. The van der Waals surface area contributed by atoms with Crippen molar-refractivity contribution >= 4 is 17.5 Å². The normalized spacial score (nSPS) is 26.1. The fraction of sp³-hybridized carbons (Fsp3) is 0.579. The first-order valence-electron chi connectivity index (χ1n) is 8.78. The van der Waals surface area contributed by atoms with Gasteiger partial charge in [-0.1, -0.05) is 18.2 Å². The van der Waals surface area contributed by atoms with Crippen LogP contribution in [0, 0.1) is 5.92 Å². The van der Waals surface area contributed by atoms with Gasteiger partial charge in [0, 0.05) is 38.7 Å². The van der Waals surface area contributed by atoms with Gasteiger partial charge >= 0.3 is 0 Å². The number of carbonyl (C=O) groups is 2.